The molecule has 12 nitrogen and oxygen atoms in total. The molecule has 0 aliphatic heterocycles. The number of nitrogens with zero attached hydrogens (tertiary/aromatic N) is 4. The summed E-state index contributed by atoms with van der Waals surface area (Å²) in [5, 5.41) is 15.6. The first-order chi connectivity index (χ1) is 20.9. The van der Waals surface area contributed by atoms with Crippen LogP contribution >= 0.6 is 0 Å². The maximum absolute atomic E-state index is 11.3. The van der Waals surface area contributed by atoms with Crippen LogP contribution < -0.4 is 15.4 Å². The molecule has 2 aromatic heterocycles. The van der Waals surface area contributed by atoms with Crippen molar-refractivity contribution in [2.24, 2.45) is 0 Å². The van der Waals surface area contributed by atoms with Crippen molar-refractivity contribution < 1.29 is 28.9 Å². The van der Waals surface area contributed by atoms with Gasteiger partial charge in [0, 0.05) is 37.9 Å². The molecule has 0 radical (unpaired) electrons. The Kier molecular flexibility index (Phi) is 13.2. The topological polar surface area (TPSA) is 158 Å². The number of esters is 2. The van der Waals surface area contributed by atoms with Gasteiger partial charge in [-0.25, -0.2) is 29.5 Å². The number of benzene rings is 2. The van der Waals surface area contributed by atoms with Gasteiger partial charge in [0.05, 0.1) is 32.5 Å². The summed E-state index contributed by atoms with van der Waals surface area (Å²) in [5.74, 6) is 1.22. The number of ether oxygens (including phenoxy) is 3. The van der Waals surface area contributed by atoms with Crippen LogP contribution in [0.4, 0.5) is 11.9 Å². The van der Waals surface area contributed by atoms with Crippen molar-refractivity contribution in [1.29, 1.82) is 0 Å². The summed E-state index contributed by atoms with van der Waals surface area (Å²) in [4.78, 5) is 38.7. The monoisotopic (exact) mass is 588 g/mol. The molecule has 0 aliphatic rings. The highest BCUT2D eigenvalue weighted by atomic mass is 16.5. The number of hydrogen-bond donors (Lipinski definition) is 3. The molecule has 226 valence electrons. The van der Waals surface area contributed by atoms with Crippen molar-refractivity contribution in [3.63, 3.8) is 0 Å². The van der Waals surface area contributed by atoms with Crippen LogP contribution in [0.1, 0.15) is 44.7 Å². The van der Waals surface area contributed by atoms with E-state index < -0.39 is 11.9 Å². The Labute approximate surface area is 250 Å². The molecule has 4 aromatic rings. The van der Waals surface area contributed by atoms with E-state index in [0.29, 0.717) is 29.6 Å². The minimum absolute atomic E-state index is 0.280. The van der Waals surface area contributed by atoms with Crippen molar-refractivity contribution >= 4 is 23.8 Å². The fraction of sp³-hybridized carbons (Fsp3) is 0.290. The van der Waals surface area contributed by atoms with Crippen LogP contribution in [0.15, 0.2) is 73.3 Å². The zero-order valence-corrected chi connectivity index (χ0v) is 24.4. The highest BCUT2D eigenvalue weighted by Gasteiger charge is 2.07. The van der Waals surface area contributed by atoms with E-state index in [9.17, 15) is 14.7 Å². The van der Waals surface area contributed by atoms with Crippen LogP contribution in [0.25, 0.3) is 0 Å². The van der Waals surface area contributed by atoms with Gasteiger partial charge in [-0.3, -0.25) is 0 Å². The van der Waals surface area contributed by atoms with Gasteiger partial charge in [-0.05, 0) is 61.1 Å². The predicted molar refractivity (Wildman–Crippen MR) is 161 cm³/mol. The summed E-state index contributed by atoms with van der Waals surface area (Å²) in [7, 11) is 4.30. The van der Waals surface area contributed by atoms with Crippen molar-refractivity contribution in [2.45, 2.75) is 25.7 Å². The maximum atomic E-state index is 11.3. The van der Waals surface area contributed by atoms with Gasteiger partial charge in [0.2, 0.25) is 11.9 Å². The molecule has 3 N–H and O–H groups in total. The first-order valence-corrected chi connectivity index (χ1v) is 13.6. The second kappa shape index (κ2) is 17.5. The molecule has 2 heterocycles. The van der Waals surface area contributed by atoms with Crippen LogP contribution in [0.3, 0.4) is 0 Å². The molecular formula is C31H36N6O6. The smallest absolute Gasteiger partial charge is 0.341 e. The molecule has 0 bridgehead atoms. The number of aryl methyl sites for hydroxylation is 2. The lowest BCUT2D eigenvalue weighted by Crippen LogP contribution is -2.08. The number of carbonyl (C=O) groups excluding carboxylic acids is 2. The molecule has 0 spiro atoms. The summed E-state index contributed by atoms with van der Waals surface area (Å²) >= 11 is 0. The molecular weight excluding hydrogens is 552 g/mol. The number of phenols is 1. The Morgan fingerprint density at radius 3 is 1.60 bits per heavy atom. The zero-order chi connectivity index (χ0) is 30.9. The number of aromatic hydroxyl groups is 1. The highest BCUT2D eigenvalue weighted by Crippen LogP contribution is 2.14. The van der Waals surface area contributed by atoms with E-state index in [0.717, 1.165) is 43.5 Å². The van der Waals surface area contributed by atoms with Gasteiger partial charge in [-0.2, -0.15) is 0 Å². The molecule has 0 saturated heterocycles. The Bertz CT molecular complexity index is 1430. The molecule has 0 saturated carbocycles. The SMILES string of the molecule is COC(=O)c1cnc(NCCCc2cccc(O)c2)nc1.COC(=O)c1cnc(NCCCc2cccc(OC)c2)nc1. The Hall–Kier alpha value is -5.26. The maximum Gasteiger partial charge on any atom is 0.341 e. The third-order valence-electron chi connectivity index (χ3n) is 6.04. The number of anilines is 2. The van der Waals surface area contributed by atoms with E-state index in [1.54, 1.807) is 19.2 Å². The third kappa shape index (κ3) is 11.3. The van der Waals surface area contributed by atoms with E-state index in [1.807, 2.05) is 30.3 Å². The van der Waals surface area contributed by atoms with Crippen LogP contribution in [0.5, 0.6) is 11.5 Å². The first-order valence-electron chi connectivity index (χ1n) is 13.6. The molecule has 0 atom stereocenters. The molecule has 0 fully saturated rings. The number of carbonyl (C=O) groups is 2. The predicted octanol–water partition coefficient (Wildman–Crippen LogP) is 4.33. The number of aromatic nitrogens is 4. The lowest BCUT2D eigenvalue weighted by atomic mass is 10.1. The van der Waals surface area contributed by atoms with E-state index in [-0.39, 0.29) is 5.75 Å². The van der Waals surface area contributed by atoms with Crippen molar-refractivity contribution in [3.8, 4) is 11.5 Å². The zero-order valence-electron chi connectivity index (χ0n) is 24.4. The minimum atomic E-state index is -0.453. The lowest BCUT2D eigenvalue weighted by molar-refractivity contribution is 0.0591. The van der Waals surface area contributed by atoms with Crippen molar-refractivity contribution in [3.05, 3.63) is 95.6 Å². The second-order valence-corrected chi connectivity index (χ2v) is 9.16. The fourth-order valence-electron chi connectivity index (χ4n) is 3.81. The van der Waals surface area contributed by atoms with E-state index in [4.69, 9.17) is 4.74 Å². The van der Waals surface area contributed by atoms with Crippen molar-refractivity contribution in [1.82, 2.24) is 19.9 Å². The number of methoxy groups -OCH3 is 3. The Balaban J connectivity index is 0.000000236. The van der Waals surface area contributed by atoms with Gasteiger partial charge in [-0.15, -0.1) is 0 Å². The molecule has 0 unspecified atom stereocenters. The summed E-state index contributed by atoms with van der Waals surface area (Å²) in [6, 6.07) is 15.2. The largest absolute Gasteiger partial charge is 0.508 e. The van der Waals surface area contributed by atoms with Crippen LogP contribution in [0.2, 0.25) is 0 Å². The van der Waals surface area contributed by atoms with Gasteiger partial charge in [0.1, 0.15) is 11.5 Å². The first kappa shape index (κ1) is 32.3. The molecule has 0 aliphatic carbocycles. The van der Waals surface area contributed by atoms with Gasteiger partial charge < -0.3 is 30.0 Å². The second-order valence-electron chi connectivity index (χ2n) is 9.16. The average molecular weight is 589 g/mol. The number of phenolic OH excluding ortho intramolecular Hbond substituents is 1. The van der Waals surface area contributed by atoms with Gasteiger partial charge in [-0.1, -0.05) is 24.3 Å². The standard InChI is InChI=1S/C16H19N3O3.C15H17N3O3/c1-21-14-7-3-5-12(9-14)6-4-8-17-16-18-10-13(11-19-16)15(20)22-2;1-21-14(20)12-9-17-15(18-10-12)16-7-3-5-11-4-2-6-13(19)8-11/h3,5,7,9-11H,4,6,8H2,1-2H3,(H,17,18,19);2,4,6,8-10,19H,3,5,7H2,1H3,(H,16,17,18). The quantitative estimate of drug-likeness (QED) is 0.150. The van der Waals surface area contributed by atoms with Gasteiger partial charge >= 0.3 is 11.9 Å². The normalized spacial score (nSPS) is 10.1. The number of nitrogens with one attached hydrogen (secondary N) is 2. The molecule has 0 amide bonds. The summed E-state index contributed by atoms with van der Waals surface area (Å²) < 4.78 is 14.4. The number of hydrogen-bond acceptors (Lipinski definition) is 12. The molecule has 43 heavy (non-hydrogen) atoms. The van der Waals surface area contributed by atoms with E-state index in [2.05, 4.69) is 46.1 Å². The molecule has 2 aromatic carbocycles. The van der Waals surface area contributed by atoms with Gasteiger partial charge in [0.25, 0.3) is 0 Å². The van der Waals surface area contributed by atoms with Crippen LogP contribution in [-0.2, 0) is 22.3 Å². The summed E-state index contributed by atoms with van der Waals surface area (Å²) in [6.45, 7) is 1.45. The van der Waals surface area contributed by atoms with E-state index in [1.165, 1.54) is 44.6 Å². The fourth-order valence-corrected chi connectivity index (χ4v) is 3.81. The van der Waals surface area contributed by atoms with E-state index >= 15 is 0 Å². The van der Waals surface area contributed by atoms with Crippen LogP contribution in [0, 0.1) is 0 Å². The minimum Gasteiger partial charge on any atom is -0.508 e. The Morgan fingerprint density at radius 1 is 0.698 bits per heavy atom. The Morgan fingerprint density at radius 2 is 1.16 bits per heavy atom. The molecule has 12 heteroatoms. The van der Waals surface area contributed by atoms with Crippen molar-refractivity contribution in [2.75, 3.05) is 45.1 Å². The van der Waals surface area contributed by atoms with Gasteiger partial charge in [0.15, 0.2) is 0 Å². The number of rotatable bonds is 13. The van der Waals surface area contributed by atoms with Crippen LogP contribution in [-0.4, -0.2) is 71.4 Å². The third-order valence-corrected chi connectivity index (χ3v) is 6.04. The average Bonchev–Trinajstić information content (AvgIpc) is 3.05. The lowest BCUT2D eigenvalue weighted by Gasteiger charge is -2.06. The summed E-state index contributed by atoms with van der Waals surface area (Å²) in [6.07, 6.45) is 9.35. The molecule has 4 rings (SSSR count). The summed E-state index contributed by atoms with van der Waals surface area (Å²) in [5.41, 5.74) is 2.97. The highest BCUT2D eigenvalue weighted by molar-refractivity contribution is 5.89.